The van der Waals surface area contributed by atoms with Crippen molar-refractivity contribution in [2.75, 3.05) is 0 Å². The molecule has 0 heterocycles. The fourth-order valence-electron chi connectivity index (χ4n) is 0.639. The van der Waals surface area contributed by atoms with Crippen LogP contribution in [0.15, 0.2) is 24.8 Å². The van der Waals surface area contributed by atoms with Gasteiger partial charge in [0.2, 0.25) is 0 Å². The third-order valence-electron chi connectivity index (χ3n) is 1.45. The second kappa shape index (κ2) is 6.60. The molecule has 1 radical (unpaired) electrons. The summed E-state index contributed by atoms with van der Waals surface area (Å²) in [7, 11) is 0. The van der Waals surface area contributed by atoms with Gasteiger partial charge in [-0.05, 0) is 25.2 Å². The molecule has 0 aromatic rings. The second-order valence-electron chi connectivity index (χ2n) is 2.56. The molecule has 0 aromatic heterocycles. The Morgan fingerprint density at radius 2 is 2.10 bits per heavy atom. The van der Waals surface area contributed by atoms with Gasteiger partial charge in [0.05, 0.1) is 0 Å². The van der Waals surface area contributed by atoms with Crippen LogP contribution in [0.3, 0.4) is 0 Å². The molecule has 0 aromatic carbocycles. The fraction of sp³-hybridized carbons (Fsp3) is 0.500. The van der Waals surface area contributed by atoms with Gasteiger partial charge in [0, 0.05) is 0 Å². The molecule has 0 rings (SSSR count). The van der Waals surface area contributed by atoms with E-state index in [1.54, 1.807) is 0 Å². The quantitative estimate of drug-likeness (QED) is 0.510. The van der Waals surface area contributed by atoms with Gasteiger partial charge < -0.3 is 0 Å². The van der Waals surface area contributed by atoms with Gasteiger partial charge in [-0.15, -0.1) is 6.58 Å². The maximum absolute atomic E-state index is 3.72. The molecule has 0 bridgehead atoms. The van der Waals surface area contributed by atoms with Crippen molar-refractivity contribution in [2.24, 2.45) is 5.92 Å². The highest BCUT2D eigenvalue weighted by molar-refractivity contribution is 4.89. The summed E-state index contributed by atoms with van der Waals surface area (Å²) in [4.78, 5) is 0. The Morgan fingerprint density at radius 1 is 1.40 bits per heavy atom. The Hall–Kier alpha value is -0.520. The summed E-state index contributed by atoms with van der Waals surface area (Å²) >= 11 is 0. The molecular weight excluding hydrogens is 120 g/mol. The van der Waals surface area contributed by atoms with E-state index < -0.39 is 0 Å². The lowest BCUT2D eigenvalue weighted by Gasteiger charge is -1.97. The molecule has 0 amide bonds. The van der Waals surface area contributed by atoms with Crippen LogP contribution >= 0.6 is 0 Å². The summed E-state index contributed by atoms with van der Waals surface area (Å²) in [5.74, 6) is 0.619. The zero-order valence-electron chi connectivity index (χ0n) is 7.01. The molecule has 0 aliphatic heterocycles. The highest BCUT2D eigenvalue weighted by Crippen LogP contribution is 2.03. The van der Waals surface area contributed by atoms with Gasteiger partial charge in [0.25, 0.3) is 0 Å². The van der Waals surface area contributed by atoms with Crippen LogP contribution in [-0.2, 0) is 0 Å². The van der Waals surface area contributed by atoms with Crippen LogP contribution in [0.2, 0.25) is 0 Å². The Morgan fingerprint density at radius 3 is 2.60 bits per heavy atom. The summed E-state index contributed by atoms with van der Waals surface area (Å²) in [5.41, 5.74) is 0. The lowest BCUT2D eigenvalue weighted by molar-refractivity contribution is 0.745. The summed E-state index contributed by atoms with van der Waals surface area (Å²) < 4.78 is 0. The van der Waals surface area contributed by atoms with E-state index in [1.807, 2.05) is 6.08 Å². The first-order chi connectivity index (χ1) is 4.81. The Kier molecular flexibility index (Phi) is 6.25. The monoisotopic (exact) mass is 137 g/mol. The summed E-state index contributed by atoms with van der Waals surface area (Å²) in [6, 6.07) is 0. The van der Waals surface area contributed by atoms with E-state index in [-0.39, 0.29) is 0 Å². The number of hydrogen-bond acceptors (Lipinski definition) is 0. The number of allylic oxidation sites excluding steroid dienone is 3. The van der Waals surface area contributed by atoms with Crippen LogP contribution < -0.4 is 0 Å². The van der Waals surface area contributed by atoms with Crippen LogP contribution in [0.5, 0.6) is 0 Å². The highest BCUT2D eigenvalue weighted by Gasteiger charge is 1.88. The van der Waals surface area contributed by atoms with Crippen molar-refractivity contribution in [3.8, 4) is 0 Å². The fourth-order valence-corrected chi connectivity index (χ4v) is 0.639. The molecule has 0 fully saturated rings. The summed E-state index contributed by atoms with van der Waals surface area (Å²) in [6.45, 7) is 7.96. The maximum Gasteiger partial charge on any atom is -0.0230 e. The Balaban J connectivity index is 3.24. The average Bonchev–Trinajstić information content (AvgIpc) is 1.98. The molecule has 57 valence electrons. The standard InChI is InChI=1S/C10H17/c1-4-6-7-8-9-10(3)5-2/h4-5,7-8,10H,2,6,9H2,1,3H3. The minimum absolute atomic E-state index is 0.619. The molecule has 10 heavy (non-hydrogen) atoms. The molecule has 0 heteroatoms. The van der Waals surface area contributed by atoms with Crippen molar-refractivity contribution in [2.45, 2.75) is 26.7 Å². The minimum atomic E-state index is 0.619. The van der Waals surface area contributed by atoms with E-state index in [1.165, 1.54) is 0 Å². The number of hydrogen-bond donors (Lipinski definition) is 0. The van der Waals surface area contributed by atoms with E-state index in [0.29, 0.717) is 5.92 Å². The predicted octanol–water partition coefficient (Wildman–Crippen LogP) is 3.37. The molecule has 0 aliphatic rings. The van der Waals surface area contributed by atoms with Crippen LogP contribution in [-0.4, -0.2) is 0 Å². The van der Waals surface area contributed by atoms with Gasteiger partial charge in [-0.25, -0.2) is 0 Å². The van der Waals surface area contributed by atoms with E-state index in [9.17, 15) is 0 Å². The molecule has 0 nitrogen and oxygen atoms in total. The second-order valence-corrected chi connectivity index (χ2v) is 2.56. The number of unbranched alkanes of at least 4 members (excludes halogenated alkanes) is 1. The molecule has 1 atom stereocenters. The summed E-state index contributed by atoms with van der Waals surface area (Å²) in [6.07, 6.45) is 10.8. The van der Waals surface area contributed by atoms with Crippen molar-refractivity contribution in [3.63, 3.8) is 0 Å². The van der Waals surface area contributed by atoms with E-state index in [2.05, 4.69) is 39.0 Å². The molecule has 0 saturated heterocycles. The van der Waals surface area contributed by atoms with Gasteiger partial charge >= 0.3 is 0 Å². The van der Waals surface area contributed by atoms with Gasteiger partial charge in [-0.2, -0.15) is 0 Å². The first-order valence-corrected chi connectivity index (χ1v) is 3.86. The van der Waals surface area contributed by atoms with E-state index in [0.717, 1.165) is 12.8 Å². The van der Waals surface area contributed by atoms with Gasteiger partial charge in [0.1, 0.15) is 0 Å². The molecule has 0 saturated carbocycles. The Bertz CT molecular complexity index is 101. The normalized spacial score (nSPS) is 13.8. The smallest absolute Gasteiger partial charge is 0.0230 e. The van der Waals surface area contributed by atoms with Gasteiger partial charge in [-0.3, -0.25) is 0 Å². The van der Waals surface area contributed by atoms with Crippen molar-refractivity contribution < 1.29 is 0 Å². The van der Waals surface area contributed by atoms with Crippen molar-refractivity contribution >= 4 is 0 Å². The molecule has 0 N–H and O–H groups in total. The zero-order valence-corrected chi connectivity index (χ0v) is 7.01. The maximum atomic E-state index is 3.72. The van der Waals surface area contributed by atoms with Crippen molar-refractivity contribution in [1.82, 2.24) is 0 Å². The predicted molar refractivity (Wildman–Crippen MR) is 47.7 cm³/mol. The lowest BCUT2D eigenvalue weighted by Crippen LogP contribution is -1.83. The van der Waals surface area contributed by atoms with Crippen LogP contribution in [0.4, 0.5) is 0 Å². The molecule has 1 unspecified atom stereocenters. The van der Waals surface area contributed by atoms with Crippen LogP contribution in [0.1, 0.15) is 26.7 Å². The van der Waals surface area contributed by atoms with Crippen LogP contribution in [0, 0.1) is 12.3 Å². The van der Waals surface area contributed by atoms with Crippen LogP contribution in [0.25, 0.3) is 0 Å². The third-order valence-corrected chi connectivity index (χ3v) is 1.45. The topological polar surface area (TPSA) is 0 Å². The average molecular weight is 137 g/mol. The number of rotatable bonds is 5. The summed E-state index contributed by atoms with van der Waals surface area (Å²) in [5, 5.41) is 0. The van der Waals surface area contributed by atoms with Gasteiger partial charge in [-0.1, -0.05) is 32.1 Å². The highest BCUT2D eigenvalue weighted by atomic mass is 13.9. The largest absolute Gasteiger partial charge is 0.103 e. The minimum Gasteiger partial charge on any atom is -0.103 e. The van der Waals surface area contributed by atoms with Crippen molar-refractivity contribution in [1.29, 1.82) is 0 Å². The SMILES string of the molecule is C=CC(C)CC=CC[CH]C. The lowest BCUT2D eigenvalue weighted by atomic mass is 10.1. The third kappa shape index (κ3) is 5.61. The van der Waals surface area contributed by atoms with Crippen molar-refractivity contribution in [3.05, 3.63) is 31.2 Å². The van der Waals surface area contributed by atoms with E-state index in [4.69, 9.17) is 0 Å². The first kappa shape index (κ1) is 9.48. The zero-order chi connectivity index (χ0) is 7.82. The first-order valence-electron chi connectivity index (χ1n) is 3.86. The van der Waals surface area contributed by atoms with E-state index >= 15 is 0 Å². The molecule has 0 aliphatic carbocycles. The molecular formula is C10H17. The Labute approximate surface area is 64.6 Å². The van der Waals surface area contributed by atoms with Gasteiger partial charge in [0.15, 0.2) is 0 Å². The molecule has 0 spiro atoms.